The maximum atomic E-state index is 12.2. The number of nitrogens with one attached hydrogen (secondary N) is 1. The highest BCUT2D eigenvalue weighted by Crippen LogP contribution is 2.27. The van der Waals surface area contributed by atoms with Gasteiger partial charge in [-0.3, -0.25) is 4.79 Å². The highest BCUT2D eigenvalue weighted by atomic mass is 35.5. The Balaban J connectivity index is 1.76. The number of carbonyl (C=O) groups is 1. The molecule has 1 heterocycles. The van der Waals surface area contributed by atoms with Gasteiger partial charge in [-0.05, 0) is 18.2 Å². The zero-order chi connectivity index (χ0) is 16.2. The molecule has 3 rings (SSSR count). The molecule has 0 radical (unpaired) electrons. The lowest BCUT2D eigenvalue weighted by molar-refractivity contribution is 0.0988. The number of amides is 1. The highest BCUT2D eigenvalue weighted by molar-refractivity contribution is 6.32. The number of ether oxygens (including phenoxy) is 1. The van der Waals surface area contributed by atoms with Crippen LogP contribution in [0.4, 0.5) is 5.69 Å². The van der Waals surface area contributed by atoms with Gasteiger partial charge in [0.05, 0.1) is 12.1 Å². The van der Waals surface area contributed by atoms with E-state index in [-0.39, 0.29) is 5.76 Å². The number of methoxy groups -OCH3 is 1. The molecule has 116 valence electrons. The Morgan fingerprint density at radius 2 is 1.96 bits per heavy atom. The molecule has 3 aromatic rings. The summed E-state index contributed by atoms with van der Waals surface area (Å²) in [5, 5.41) is 7.02. The van der Waals surface area contributed by atoms with Gasteiger partial charge in [-0.2, -0.15) is 0 Å². The van der Waals surface area contributed by atoms with E-state index in [1.807, 2.05) is 30.3 Å². The molecule has 0 fully saturated rings. The molecule has 0 atom stereocenters. The summed E-state index contributed by atoms with van der Waals surface area (Å²) < 4.78 is 10.2. The molecule has 0 spiro atoms. The van der Waals surface area contributed by atoms with Crippen LogP contribution in [0.15, 0.2) is 59.1 Å². The van der Waals surface area contributed by atoms with Crippen LogP contribution in [0, 0.1) is 0 Å². The third-order valence-corrected chi connectivity index (χ3v) is 3.51. The zero-order valence-corrected chi connectivity index (χ0v) is 13.0. The quantitative estimate of drug-likeness (QED) is 0.777. The molecule has 5 nitrogen and oxygen atoms in total. The van der Waals surface area contributed by atoms with E-state index < -0.39 is 5.91 Å². The fraction of sp³-hybridized carbons (Fsp3) is 0.0588. The Labute approximate surface area is 137 Å². The van der Waals surface area contributed by atoms with Gasteiger partial charge < -0.3 is 14.6 Å². The van der Waals surface area contributed by atoms with Crippen molar-refractivity contribution in [1.82, 2.24) is 5.16 Å². The lowest BCUT2D eigenvalue weighted by atomic mass is 10.1. The topological polar surface area (TPSA) is 64.4 Å². The number of hydrogen-bond acceptors (Lipinski definition) is 4. The van der Waals surface area contributed by atoms with Gasteiger partial charge in [-0.15, -0.1) is 0 Å². The van der Waals surface area contributed by atoms with E-state index in [2.05, 4.69) is 10.5 Å². The molecule has 0 aliphatic rings. The molecule has 6 heteroatoms. The van der Waals surface area contributed by atoms with Gasteiger partial charge in [-0.25, -0.2) is 0 Å². The maximum absolute atomic E-state index is 12.2. The smallest absolute Gasteiger partial charge is 0.294 e. The van der Waals surface area contributed by atoms with E-state index >= 15 is 0 Å². The van der Waals surface area contributed by atoms with Crippen LogP contribution >= 0.6 is 11.6 Å². The van der Waals surface area contributed by atoms with Gasteiger partial charge in [0.2, 0.25) is 5.76 Å². The summed E-state index contributed by atoms with van der Waals surface area (Å²) in [6, 6.07) is 16.0. The van der Waals surface area contributed by atoms with Crippen LogP contribution in [0.2, 0.25) is 5.02 Å². The highest BCUT2D eigenvalue weighted by Gasteiger charge is 2.14. The summed E-state index contributed by atoms with van der Waals surface area (Å²) in [5.41, 5.74) is 2.02. The van der Waals surface area contributed by atoms with E-state index in [1.54, 1.807) is 24.3 Å². The standard InChI is InChI=1S/C17H13ClN2O3/c1-22-15-8-7-12(9-13(15)18)19-17(21)16-10-14(20-23-16)11-5-3-2-4-6-11/h2-10H,1H3,(H,19,21). The number of nitrogens with zero attached hydrogens (tertiary/aromatic N) is 1. The summed E-state index contributed by atoms with van der Waals surface area (Å²) in [6.07, 6.45) is 0. The average Bonchev–Trinajstić information content (AvgIpc) is 3.06. The lowest BCUT2D eigenvalue weighted by Crippen LogP contribution is -2.10. The predicted octanol–water partition coefficient (Wildman–Crippen LogP) is 4.26. The Hall–Kier alpha value is -2.79. The molecule has 0 aliphatic carbocycles. The minimum absolute atomic E-state index is 0.121. The zero-order valence-electron chi connectivity index (χ0n) is 12.2. The summed E-state index contributed by atoms with van der Waals surface area (Å²) in [5.74, 6) is 0.257. The van der Waals surface area contributed by atoms with E-state index in [1.165, 1.54) is 7.11 Å². The molecular formula is C17H13ClN2O3. The third kappa shape index (κ3) is 3.35. The van der Waals surface area contributed by atoms with Crippen molar-refractivity contribution in [2.75, 3.05) is 12.4 Å². The second-order valence-corrected chi connectivity index (χ2v) is 5.15. The van der Waals surface area contributed by atoms with Crippen molar-refractivity contribution < 1.29 is 14.1 Å². The van der Waals surface area contributed by atoms with E-state index in [0.29, 0.717) is 22.2 Å². The fourth-order valence-electron chi connectivity index (χ4n) is 2.06. The number of aromatic nitrogens is 1. The van der Waals surface area contributed by atoms with Crippen molar-refractivity contribution in [1.29, 1.82) is 0 Å². The van der Waals surface area contributed by atoms with Gasteiger partial charge in [0.1, 0.15) is 11.4 Å². The van der Waals surface area contributed by atoms with Gasteiger partial charge in [-0.1, -0.05) is 47.1 Å². The molecule has 2 aromatic carbocycles. The Bertz CT molecular complexity index is 831. The number of hydrogen-bond donors (Lipinski definition) is 1. The van der Waals surface area contributed by atoms with Gasteiger partial charge in [0, 0.05) is 17.3 Å². The van der Waals surface area contributed by atoms with Crippen LogP contribution in [0.5, 0.6) is 5.75 Å². The SMILES string of the molecule is COc1ccc(NC(=O)c2cc(-c3ccccc3)no2)cc1Cl. The van der Waals surface area contributed by atoms with Crippen LogP contribution in [0.25, 0.3) is 11.3 Å². The van der Waals surface area contributed by atoms with Crippen molar-refractivity contribution in [3.63, 3.8) is 0 Å². The molecule has 1 amide bonds. The molecule has 0 saturated heterocycles. The molecule has 0 aliphatic heterocycles. The van der Waals surface area contributed by atoms with Gasteiger partial charge in [0.15, 0.2) is 0 Å². The van der Waals surface area contributed by atoms with Gasteiger partial charge in [0.25, 0.3) is 5.91 Å². The summed E-state index contributed by atoms with van der Waals surface area (Å²) >= 11 is 6.03. The molecule has 0 bridgehead atoms. The van der Waals surface area contributed by atoms with Crippen LogP contribution < -0.4 is 10.1 Å². The number of rotatable bonds is 4. The van der Waals surface area contributed by atoms with E-state index in [4.69, 9.17) is 20.9 Å². The second-order valence-electron chi connectivity index (χ2n) is 4.75. The number of benzene rings is 2. The van der Waals surface area contributed by atoms with E-state index in [0.717, 1.165) is 5.56 Å². The van der Waals surface area contributed by atoms with Crippen molar-refractivity contribution in [3.8, 4) is 17.0 Å². The van der Waals surface area contributed by atoms with Crippen molar-refractivity contribution >= 4 is 23.2 Å². The number of halogens is 1. The maximum Gasteiger partial charge on any atom is 0.294 e. The molecule has 23 heavy (non-hydrogen) atoms. The Kier molecular flexibility index (Phi) is 4.30. The first-order valence-corrected chi connectivity index (χ1v) is 7.22. The summed E-state index contributed by atoms with van der Waals surface area (Å²) in [6.45, 7) is 0. The monoisotopic (exact) mass is 328 g/mol. The molecule has 0 saturated carbocycles. The summed E-state index contributed by atoms with van der Waals surface area (Å²) in [7, 11) is 1.53. The van der Waals surface area contributed by atoms with Crippen LogP contribution in [0.3, 0.4) is 0 Å². The number of carbonyl (C=O) groups excluding carboxylic acids is 1. The van der Waals surface area contributed by atoms with Crippen LogP contribution in [0.1, 0.15) is 10.6 Å². The largest absolute Gasteiger partial charge is 0.495 e. The fourth-order valence-corrected chi connectivity index (χ4v) is 2.32. The Morgan fingerprint density at radius 1 is 1.17 bits per heavy atom. The average molecular weight is 329 g/mol. The second kappa shape index (κ2) is 6.54. The number of anilines is 1. The molecule has 0 unspecified atom stereocenters. The molecular weight excluding hydrogens is 316 g/mol. The summed E-state index contributed by atoms with van der Waals surface area (Å²) in [4.78, 5) is 12.2. The molecule has 1 aromatic heterocycles. The predicted molar refractivity (Wildman–Crippen MR) is 87.9 cm³/mol. The first-order valence-electron chi connectivity index (χ1n) is 6.84. The lowest BCUT2D eigenvalue weighted by Gasteiger charge is -2.06. The first-order chi connectivity index (χ1) is 11.2. The van der Waals surface area contributed by atoms with Crippen molar-refractivity contribution in [3.05, 3.63) is 65.4 Å². The first kappa shape index (κ1) is 15.1. The van der Waals surface area contributed by atoms with Crippen molar-refractivity contribution in [2.45, 2.75) is 0 Å². The van der Waals surface area contributed by atoms with Crippen LogP contribution in [-0.2, 0) is 0 Å². The minimum Gasteiger partial charge on any atom is -0.495 e. The molecule has 1 N–H and O–H groups in total. The normalized spacial score (nSPS) is 10.3. The Morgan fingerprint density at radius 3 is 2.65 bits per heavy atom. The third-order valence-electron chi connectivity index (χ3n) is 3.21. The van der Waals surface area contributed by atoms with Crippen LogP contribution in [-0.4, -0.2) is 18.2 Å². The van der Waals surface area contributed by atoms with Crippen molar-refractivity contribution in [2.24, 2.45) is 0 Å². The minimum atomic E-state index is -0.402. The van der Waals surface area contributed by atoms with Gasteiger partial charge >= 0.3 is 0 Å². The van der Waals surface area contributed by atoms with E-state index in [9.17, 15) is 4.79 Å².